The quantitative estimate of drug-likeness (QED) is 0.469. The minimum atomic E-state index is -3.61. The van der Waals surface area contributed by atoms with E-state index >= 15 is 0 Å². The molecule has 1 amide bonds. The number of sulfonamides is 2. The van der Waals surface area contributed by atoms with Crippen LogP contribution in [0, 0.1) is 0 Å². The lowest BCUT2D eigenvalue weighted by Crippen LogP contribution is -2.42. The molecule has 0 unspecified atom stereocenters. The summed E-state index contributed by atoms with van der Waals surface area (Å²) in [6.45, 7) is 1.63. The van der Waals surface area contributed by atoms with Crippen LogP contribution in [0.3, 0.4) is 0 Å². The molecule has 1 atom stereocenters. The predicted octanol–water partition coefficient (Wildman–Crippen LogP) is 0.835. The van der Waals surface area contributed by atoms with Gasteiger partial charge < -0.3 is 14.8 Å². The van der Waals surface area contributed by atoms with Gasteiger partial charge in [0.15, 0.2) is 0 Å². The van der Waals surface area contributed by atoms with Crippen molar-refractivity contribution < 1.29 is 31.1 Å². The Balaban J connectivity index is 1.56. The lowest BCUT2D eigenvalue weighted by atomic mass is 10.1. The van der Waals surface area contributed by atoms with Crippen molar-refractivity contribution in [2.75, 3.05) is 52.8 Å². The highest BCUT2D eigenvalue weighted by Crippen LogP contribution is 2.22. The van der Waals surface area contributed by atoms with Crippen molar-refractivity contribution in [1.29, 1.82) is 0 Å². The van der Waals surface area contributed by atoms with Crippen LogP contribution in [0.1, 0.15) is 11.6 Å². The van der Waals surface area contributed by atoms with Crippen molar-refractivity contribution in [2.45, 2.75) is 10.9 Å². The normalized spacial score (nSPS) is 16.2. The lowest BCUT2D eigenvalue weighted by molar-refractivity contribution is -0.124. The van der Waals surface area contributed by atoms with E-state index in [1.165, 1.54) is 23.5 Å². The van der Waals surface area contributed by atoms with E-state index in [4.69, 9.17) is 9.47 Å². The Hall–Kier alpha value is -2.51. The Bertz CT molecular complexity index is 1160. The maximum absolute atomic E-state index is 12.8. The van der Waals surface area contributed by atoms with Gasteiger partial charge in [-0.05, 0) is 29.8 Å². The number of amides is 1. The fourth-order valence-corrected chi connectivity index (χ4v) is 5.45. The van der Waals surface area contributed by atoms with E-state index in [2.05, 4.69) is 5.32 Å². The van der Waals surface area contributed by atoms with Gasteiger partial charge in [0, 0.05) is 20.1 Å². The zero-order valence-electron chi connectivity index (χ0n) is 19.1. The highest BCUT2D eigenvalue weighted by atomic mass is 32.2. The van der Waals surface area contributed by atoms with Gasteiger partial charge in [-0.15, -0.1) is 0 Å². The first-order valence-corrected chi connectivity index (χ1v) is 14.0. The third-order valence-electron chi connectivity index (χ3n) is 5.35. The zero-order valence-corrected chi connectivity index (χ0v) is 20.7. The van der Waals surface area contributed by atoms with Gasteiger partial charge in [-0.2, -0.15) is 8.61 Å². The molecule has 1 saturated heterocycles. The molecule has 0 aliphatic carbocycles. The van der Waals surface area contributed by atoms with E-state index in [0.717, 1.165) is 10.6 Å². The minimum Gasteiger partial charge on any atom is -0.492 e. The molecule has 2 aromatic rings. The molecule has 34 heavy (non-hydrogen) atoms. The Morgan fingerprint density at radius 1 is 1.06 bits per heavy atom. The third-order valence-corrected chi connectivity index (χ3v) is 8.52. The van der Waals surface area contributed by atoms with Gasteiger partial charge in [-0.1, -0.05) is 30.3 Å². The number of morpholine rings is 1. The van der Waals surface area contributed by atoms with Gasteiger partial charge in [-0.3, -0.25) is 4.79 Å². The average molecular weight is 512 g/mol. The number of carbonyl (C=O) groups excluding carboxylic acids is 1. The molecule has 0 saturated carbocycles. The second-order valence-electron chi connectivity index (χ2n) is 7.72. The Morgan fingerprint density at radius 2 is 1.68 bits per heavy atom. The SMILES string of the molecule is CN([C@@H](C(=O)NCCOc1ccc(S(=O)(=O)N2CCOCC2)cc1)c1ccccc1)S(C)(=O)=O. The summed E-state index contributed by atoms with van der Waals surface area (Å²) >= 11 is 0. The fourth-order valence-electron chi connectivity index (χ4n) is 3.44. The molecule has 2 aromatic carbocycles. The number of benzene rings is 2. The second kappa shape index (κ2) is 11.3. The van der Waals surface area contributed by atoms with E-state index in [9.17, 15) is 21.6 Å². The Kier molecular flexibility index (Phi) is 8.66. The fraction of sp³-hybridized carbons (Fsp3) is 0.409. The van der Waals surface area contributed by atoms with Crippen LogP contribution in [0.25, 0.3) is 0 Å². The van der Waals surface area contributed by atoms with Crippen molar-refractivity contribution in [3.05, 3.63) is 60.2 Å². The molecule has 1 N–H and O–H groups in total. The summed E-state index contributed by atoms with van der Waals surface area (Å²) in [5.41, 5.74) is 0.547. The second-order valence-corrected chi connectivity index (χ2v) is 11.7. The highest BCUT2D eigenvalue weighted by molar-refractivity contribution is 7.89. The molecule has 0 bridgehead atoms. The van der Waals surface area contributed by atoms with Crippen LogP contribution >= 0.6 is 0 Å². The first-order valence-electron chi connectivity index (χ1n) is 10.7. The molecule has 1 aliphatic heterocycles. The highest BCUT2D eigenvalue weighted by Gasteiger charge is 2.30. The molecule has 1 fully saturated rings. The summed E-state index contributed by atoms with van der Waals surface area (Å²) in [4.78, 5) is 13.0. The molecule has 1 aliphatic rings. The number of ether oxygens (including phenoxy) is 2. The summed E-state index contributed by atoms with van der Waals surface area (Å²) in [5, 5.41) is 2.70. The van der Waals surface area contributed by atoms with Gasteiger partial charge in [-0.25, -0.2) is 16.8 Å². The van der Waals surface area contributed by atoms with Crippen molar-refractivity contribution >= 4 is 26.0 Å². The van der Waals surface area contributed by atoms with Crippen LogP contribution in [0.5, 0.6) is 5.75 Å². The number of hydrogen-bond donors (Lipinski definition) is 1. The monoisotopic (exact) mass is 511 g/mol. The van der Waals surface area contributed by atoms with E-state index < -0.39 is 32.0 Å². The first-order chi connectivity index (χ1) is 16.1. The van der Waals surface area contributed by atoms with Crippen molar-refractivity contribution in [1.82, 2.24) is 13.9 Å². The standard InChI is InChI=1S/C22H29N3O7S2/c1-24(33(2,27)28)21(18-6-4-3-5-7-18)22(26)23-12-15-32-19-8-10-20(11-9-19)34(29,30)25-13-16-31-17-14-25/h3-11,21H,12-17H2,1-2H3,(H,23,26)/t21-/m1/s1. The molecular formula is C22H29N3O7S2. The van der Waals surface area contributed by atoms with Crippen LogP contribution < -0.4 is 10.1 Å². The van der Waals surface area contributed by atoms with Crippen LogP contribution in [-0.4, -0.2) is 84.1 Å². The van der Waals surface area contributed by atoms with Crippen molar-refractivity contribution in [2.24, 2.45) is 0 Å². The van der Waals surface area contributed by atoms with Crippen molar-refractivity contribution in [3.8, 4) is 5.75 Å². The van der Waals surface area contributed by atoms with Gasteiger partial charge in [0.2, 0.25) is 26.0 Å². The van der Waals surface area contributed by atoms with Crippen LogP contribution in [0.15, 0.2) is 59.5 Å². The molecule has 1 heterocycles. The largest absolute Gasteiger partial charge is 0.492 e. The number of likely N-dealkylation sites (N-methyl/N-ethyl adjacent to an activating group) is 1. The van der Waals surface area contributed by atoms with Gasteiger partial charge >= 0.3 is 0 Å². The number of rotatable bonds is 10. The molecule has 12 heteroatoms. The number of nitrogens with zero attached hydrogens (tertiary/aromatic N) is 2. The third kappa shape index (κ3) is 6.54. The van der Waals surface area contributed by atoms with Gasteiger partial charge in [0.1, 0.15) is 18.4 Å². The molecule has 3 rings (SSSR count). The molecular weight excluding hydrogens is 482 g/mol. The summed E-state index contributed by atoms with van der Waals surface area (Å²) in [6, 6.07) is 13.7. The average Bonchev–Trinajstić information content (AvgIpc) is 2.83. The number of nitrogens with one attached hydrogen (secondary N) is 1. The van der Waals surface area contributed by atoms with Crippen LogP contribution in [0.2, 0.25) is 0 Å². The Labute approximate surface area is 200 Å². The lowest BCUT2D eigenvalue weighted by Gasteiger charge is -2.26. The molecule has 0 radical (unpaired) electrons. The van der Waals surface area contributed by atoms with E-state index in [0.29, 0.717) is 37.6 Å². The van der Waals surface area contributed by atoms with Crippen LogP contribution in [-0.2, 0) is 29.6 Å². The molecule has 0 spiro atoms. The van der Waals surface area contributed by atoms with E-state index in [1.54, 1.807) is 42.5 Å². The first kappa shape index (κ1) is 26.1. The van der Waals surface area contributed by atoms with Gasteiger partial charge in [0.05, 0.1) is 30.9 Å². The molecule has 186 valence electrons. The summed E-state index contributed by atoms with van der Waals surface area (Å²) < 4.78 is 62.6. The van der Waals surface area contributed by atoms with E-state index in [-0.39, 0.29) is 18.0 Å². The summed E-state index contributed by atoms with van der Waals surface area (Å²) in [5.74, 6) is -0.0299. The summed E-state index contributed by atoms with van der Waals surface area (Å²) in [6.07, 6.45) is 1.04. The molecule has 10 nitrogen and oxygen atoms in total. The smallest absolute Gasteiger partial charge is 0.243 e. The van der Waals surface area contributed by atoms with Gasteiger partial charge in [0.25, 0.3) is 0 Å². The maximum Gasteiger partial charge on any atom is 0.243 e. The zero-order chi connectivity index (χ0) is 24.8. The van der Waals surface area contributed by atoms with Crippen LogP contribution in [0.4, 0.5) is 0 Å². The maximum atomic E-state index is 12.8. The Morgan fingerprint density at radius 3 is 2.26 bits per heavy atom. The minimum absolute atomic E-state index is 0.116. The number of carbonyl (C=O) groups is 1. The number of hydrogen-bond acceptors (Lipinski definition) is 7. The molecule has 0 aromatic heterocycles. The summed E-state index contributed by atoms with van der Waals surface area (Å²) in [7, 11) is -5.84. The van der Waals surface area contributed by atoms with Crippen molar-refractivity contribution in [3.63, 3.8) is 0 Å². The topological polar surface area (TPSA) is 122 Å². The predicted molar refractivity (Wildman–Crippen MR) is 126 cm³/mol. The van der Waals surface area contributed by atoms with E-state index in [1.807, 2.05) is 0 Å².